The van der Waals surface area contributed by atoms with Crippen LogP contribution >= 0.6 is 12.6 Å². The summed E-state index contributed by atoms with van der Waals surface area (Å²) in [6, 6.07) is 23.6. The van der Waals surface area contributed by atoms with Crippen molar-refractivity contribution in [1.82, 2.24) is 0 Å². The number of carboxylic acids is 1. The summed E-state index contributed by atoms with van der Waals surface area (Å²) in [5.74, 6) is -0.833. The number of hydrogen-bond donors (Lipinski definition) is 2. The SMILES string of the molecule is CC(=O)O.O.Sc1cccc2ccc3cc4ccccc4cc3c12.[MgH2]. The highest BCUT2D eigenvalue weighted by Crippen LogP contribution is 2.32. The minimum absolute atomic E-state index is 0. The van der Waals surface area contributed by atoms with Crippen molar-refractivity contribution >= 4 is 74.0 Å². The fraction of sp³-hybridized carbons (Fsp3) is 0.0500. The van der Waals surface area contributed by atoms with E-state index in [2.05, 4.69) is 79.4 Å². The van der Waals surface area contributed by atoms with Crippen molar-refractivity contribution in [3.8, 4) is 0 Å². The molecule has 0 aliphatic heterocycles. The number of hydrogen-bond acceptors (Lipinski definition) is 2. The van der Waals surface area contributed by atoms with E-state index in [-0.39, 0.29) is 28.5 Å². The number of thiol groups is 1. The van der Waals surface area contributed by atoms with Gasteiger partial charge >= 0.3 is 23.1 Å². The van der Waals surface area contributed by atoms with Gasteiger partial charge in [-0.3, -0.25) is 4.79 Å². The first kappa shape index (κ1) is 21.2. The highest BCUT2D eigenvalue weighted by molar-refractivity contribution is 7.80. The Morgan fingerprint density at radius 1 is 0.840 bits per heavy atom. The lowest BCUT2D eigenvalue weighted by Crippen LogP contribution is -1.81. The second-order valence-electron chi connectivity index (χ2n) is 5.38. The summed E-state index contributed by atoms with van der Waals surface area (Å²) in [5.41, 5.74) is 0. The molecule has 0 spiro atoms. The Balaban J connectivity index is 0.000000476. The first-order chi connectivity index (χ1) is 11.1. The van der Waals surface area contributed by atoms with Crippen molar-refractivity contribution in [2.75, 3.05) is 0 Å². The molecule has 0 saturated carbocycles. The number of fused-ring (bicyclic) bond motifs is 4. The topological polar surface area (TPSA) is 68.8 Å². The second kappa shape index (κ2) is 9.06. The third kappa shape index (κ3) is 4.64. The molecule has 4 rings (SSSR count). The van der Waals surface area contributed by atoms with Crippen LogP contribution in [-0.2, 0) is 4.79 Å². The van der Waals surface area contributed by atoms with Crippen molar-refractivity contribution in [2.45, 2.75) is 11.8 Å². The molecular weight excluding hydrogens is 345 g/mol. The first-order valence-electron chi connectivity index (χ1n) is 7.29. The van der Waals surface area contributed by atoms with Crippen LogP contribution in [0.15, 0.2) is 71.6 Å². The number of rotatable bonds is 0. The molecule has 4 aromatic carbocycles. The molecule has 0 aliphatic rings. The van der Waals surface area contributed by atoms with Crippen molar-refractivity contribution < 1.29 is 15.4 Å². The average Bonchev–Trinajstić information content (AvgIpc) is 2.52. The van der Waals surface area contributed by atoms with E-state index >= 15 is 0 Å². The molecule has 0 fully saturated rings. The minimum atomic E-state index is -0.833. The third-order valence-electron chi connectivity index (χ3n) is 3.70. The zero-order valence-corrected chi connectivity index (χ0v) is 14.0. The monoisotopic (exact) mass is 364 g/mol. The molecule has 0 aliphatic carbocycles. The van der Waals surface area contributed by atoms with E-state index in [1.54, 1.807) is 0 Å². The van der Waals surface area contributed by atoms with Gasteiger partial charge in [0.05, 0.1) is 0 Å². The Hall–Kier alpha value is -1.79. The lowest BCUT2D eigenvalue weighted by atomic mass is 9.98. The van der Waals surface area contributed by atoms with Gasteiger partial charge in [-0.1, -0.05) is 48.5 Å². The first-order valence-corrected chi connectivity index (χ1v) is 7.74. The smallest absolute Gasteiger partial charge is 0.316 e. The van der Waals surface area contributed by atoms with Crippen molar-refractivity contribution in [3.63, 3.8) is 0 Å². The Kier molecular flexibility index (Phi) is 7.70. The Bertz CT molecular complexity index is 1030. The maximum atomic E-state index is 9.00. The van der Waals surface area contributed by atoms with E-state index in [9.17, 15) is 0 Å². The van der Waals surface area contributed by atoms with E-state index in [0.29, 0.717) is 0 Å². The van der Waals surface area contributed by atoms with Crippen LogP contribution in [0.4, 0.5) is 0 Å². The summed E-state index contributed by atoms with van der Waals surface area (Å²) in [4.78, 5) is 10.0. The molecular formula is C20H20MgO3S. The molecule has 0 unspecified atom stereocenters. The molecule has 0 heterocycles. The van der Waals surface area contributed by atoms with Gasteiger partial charge < -0.3 is 10.6 Å². The molecule has 126 valence electrons. The molecule has 3 N–H and O–H groups in total. The summed E-state index contributed by atoms with van der Waals surface area (Å²) in [7, 11) is 0. The van der Waals surface area contributed by atoms with Crippen LogP contribution in [0, 0.1) is 0 Å². The van der Waals surface area contributed by atoms with Gasteiger partial charge in [0.15, 0.2) is 0 Å². The van der Waals surface area contributed by atoms with Crippen molar-refractivity contribution in [3.05, 3.63) is 66.7 Å². The maximum Gasteiger partial charge on any atom is 0.316 e. The normalized spacial score (nSPS) is 9.68. The zero-order chi connectivity index (χ0) is 16.4. The van der Waals surface area contributed by atoms with Crippen molar-refractivity contribution in [1.29, 1.82) is 0 Å². The van der Waals surface area contributed by atoms with E-state index in [4.69, 9.17) is 9.90 Å². The summed E-state index contributed by atoms with van der Waals surface area (Å²) in [6.07, 6.45) is 0. The fourth-order valence-corrected chi connectivity index (χ4v) is 3.12. The predicted molar refractivity (Wildman–Crippen MR) is 112 cm³/mol. The summed E-state index contributed by atoms with van der Waals surface area (Å²) in [5, 5.41) is 15.0. The van der Waals surface area contributed by atoms with Gasteiger partial charge in [-0.05, 0) is 45.1 Å². The van der Waals surface area contributed by atoms with Crippen LogP contribution < -0.4 is 0 Å². The summed E-state index contributed by atoms with van der Waals surface area (Å²) < 4.78 is 0. The number of benzene rings is 4. The number of aliphatic carboxylic acids is 1. The fourth-order valence-electron chi connectivity index (χ4n) is 2.78. The van der Waals surface area contributed by atoms with Crippen LogP contribution in [-0.4, -0.2) is 39.6 Å². The van der Waals surface area contributed by atoms with Crippen LogP contribution in [0.2, 0.25) is 0 Å². The molecule has 0 saturated heterocycles. The number of carboxylic acid groups (broad SMARTS) is 1. The molecule has 0 radical (unpaired) electrons. The molecule has 0 amide bonds. The van der Waals surface area contributed by atoms with Gasteiger partial charge in [0, 0.05) is 17.2 Å². The van der Waals surface area contributed by atoms with Crippen LogP contribution in [0.3, 0.4) is 0 Å². The van der Waals surface area contributed by atoms with E-state index in [1.807, 2.05) is 0 Å². The van der Waals surface area contributed by atoms with Gasteiger partial charge in [0.2, 0.25) is 0 Å². The zero-order valence-electron chi connectivity index (χ0n) is 13.2. The van der Waals surface area contributed by atoms with Gasteiger partial charge in [0.1, 0.15) is 0 Å². The van der Waals surface area contributed by atoms with Crippen LogP contribution in [0.25, 0.3) is 32.3 Å². The highest BCUT2D eigenvalue weighted by Gasteiger charge is 2.04. The Labute approximate surface area is 167 Å². The van der Waals surface area contributed by atoms with Crippen molar-refractivity contribution in [2.24, 2.45) is 0 Å². The number of carbonyl (C=O) groups is 1. The summed E-state index contributed by atoms with van der Waals surface area (Å²) in [6.45, 7) is 1.08. The third-order valence-corrected chi connectivity index (χ3v) is 4.08. The molecule has 0 atom stereocenters. The van der Waals surface area contributed by atoms with Gasteiger partial charge in [-0.25, -0.2) is 0 Å². The molecule has 0 aromatic heterocycles. The molecule has 3 nitrogen and oxygen atoms in total. The lowest BCUT2D eigenvalue weighted by Gasteiger charge is -2.08. The van der Waals surface area contributed by atoms with Gasteiger partial charge in [0.25, 0.3) is 5.97 Å². The average molecular weight is 365 g/mol. The standard InChI is InChI=1S/C18H12S.C2H4O2.Mg.H2O.2H/c19-17-7-3-6-12-8-9-15-10-13-4-1-2-5-14(13)11-16(15)18(12)17;1-2(3)4;;;;/h1-11,19H;1H3,(H,3,4);;1H2;;. The Morgan fingerprint density at radius 2 is 1.36 bits per heavy atom. The minimum Gasteiger partial charge on any atom is -0.481 e. The second-order valence-corrected chi connectivity index (χ2v) is 5.86. The quantitative estimate of drug-likeness (QED) is 0.216. The van der Waals surface area contributed by atoms with E-state index in [0.717, 1.165) is 11.8 Å². The van der Waals surface area contributed by atoms with E-state index in [1.165, 1.54) is 32.3 Å². The van der Waals surface area contributed by atoms with Crippen LogP contribution in [0.1, 0.15) is 6.92 Å². The molecule has 5 heteroatoms. The predicted octanol–water partition coefficient (Wildman–Crippen LogP) is 3.78. The highest BCUT2D eigenvalue weighted by atomic mass is 32.1. The molecule has 25 heavy (non-hydrogen) atoms. The lowest BCUT2D eigenvalue weighted by molar-refractivity contribution is -0.134. The Morgan fingerprint density at radius 3 is 2.00 bits per heavy atom. The molecule has 4 aromatic rings. The molecule has 0 bridgehead atoms. The van der Waals surface area contributed by atoms with Gasteiger partial charge in [-0.2, -0.15) is 0 Å². The van der Waals surface area contributed by atoms with Gasteiger partial charge in [-0.15, -0.1) is 12.6 Å². The maximum absolute atomic E-state index is 9.00. The van der Waals surface area contributed by atoms with Crippen LogP contribution in [0.5, 0.6) is 0 Å². The summed E-state index contributed by atoms with van der Waals surface area (Å²) >= 11 is 4.62. The largest absolute Gasteiger partial charge is 0.481 e. The van der Waals surface area contributed by atoms with E-state index < -0.39 is 5.97 Å².